The lowest BCUT2D eigenvalue weighted by molar-refractivity contribution is -0.132. The predicted molar refractivity (Wildman–Crippen MR) is 129 cm³/mol. The van der Waals surface area contributed by atoms with Crippen molar-refractivity contribution in [2.45, 2.75) is 32.9 Å². The summed E-state index contributed by atoms with van der Waals surface area (Å²) in [5.74, 6) is -0.0549. The van der Waals surface area contributed by atoms with Gasteiger partial charge in [0.15, 0.2) is 11.5 Å². The number of aliphatic hydroxyl groups is 1. The van der Waals surface area contributed by atoms with Crippen molar-refractivity contribution in [2.75, 3.05) is 11.7 Å². The number of hydrogen-bond acceptors (Lipinski definition) is 7. The third kappa shape index (κ3) is 3.97. The fraction of sp³-hybridized carbons (Fsp3) is 0.222. The number of carbonyl (C=O) groups excluding carboxylic acids is 2. The molecule has 2 aliphatic rings. The number of hydrogen-bond donors (Lipinski definition) is 1. The second-order valence-electron chi connectivity index (χ2n) is 8.63. The van der Waals surface area contributed by atoms with Gasteiger partial charge in [0.05, 0.1) is 17.7 Å². The van der Waals surface area contributed by atoms with Gasteiger partial charge in [0, 0.05) is 29.7 Å². The number of amides is 1. The lowest BCUT2D eigenvalue weighted by atomic mass is 9.95. The molecule has 0 bridgehead atoms. The van der Waals surface area contributed by atoms with Crippen LogP contribution in [0.25, 0.3) is 5.76 Å². The van der Waals surface area contributed by atoms with Crippen LogP contribution in [0.15, 0.2) is 66.5 Å². The van der Waals surface area contributed by atoms with E-state index >= 15 is 0 Å². The molecule has 0 saturated carbocycles. The fourth-order valence-electron chi connectivity index (χ4n) is 4.33. The van der Waals surface area contributed by atoms with E-state index in [1.165, 1.54) is 4.90 Å². The third-order valence-corrected chi connectivity index (χ3v) is 5.91. The highest BCUT2D eigenvalue weighted by Gasteiger charge is 2.47. The van der Waals surface area contributed by atoms with Gasteiger partial charge >= 0.3 is 0 Å². The number of anilines is 1. The Bertz CT molecular complexity index is 1350. The summed E-state index contributed by atoms with van der Waals surface area (Å²) < 4.78 is 16.6. The number of benzene rings is 2. The van der Waals surface area contributed by atoms with E-state index in [2.05, 4.69) is 4.98 Å². The van der Waals surface area contributed by atoms with E-state index in [0.29, 0.717) is 34.1 Å². The highest BCUT2D eigenvalue weighted by atomic mass is 16.7. The SMILES string of the molecule is Cc1cc(/C(O)=C2\C(=O)C(=O)N(c3ccc4c(c3)OCO4)C2c2ccncc2)ccc1OC(C)C. The second kappa shape index (κ2) is 8.79. The molecule has 1 amide bonds. The topological polar surface area (TPSA) is 98.2 Å². The van der Waals surface area contributed by atoms with E-state index in [1.807, 2.05) is 20.8 Å². The largest absolute Gasteiger partial charge is 0.507 e. The zero-order chi connectivity index (χ0) is 24.7. The Balaban J connectivity index is 1.65. The Morgan fingerprint density at radius 2 is 1.80 bits per heavy atom. The van der Waals surface area contributed by atoms with Crippen molar-refractivity contribution in [1.82, 2.24) is 4.98 Å². The Kier molecular flexibility index (Phi) is 5.64. The molecule has 1 unspecified atom stereocenters. The molecule has 2 aromatic carbocycles. The van der Waals surface area contributed by atoms with Gasteiger partial charge in [0.1, 0.15) is 11.5 Å². The van der Waals surface area contributed by atoms with E-state index in [0.717, 1.165) is 5.56 Å². The van der Waals surface area contributed by atoms with Crippen LogP contribution >= 0.6 is 0 Å². The summed E-state index contributed by atoms with van der Waals surface area (Å²) in [6, 6.07) is 12.8. The molecule has 3 aromatic rings. The molecule has 1 N–H and O–H groups in total. The molecule has 3 heterocycles. The minimum atomic E-state index is -0.856. The summed E-state index contributed by atoms with van der Waals surface area (Å²) in [6.07, 6.45) is 3.15. The number of fused-ring (bicyclic) bond motifs is 1. The van der Waals surface area contributed by atoms with Crippen LogP contribution in [0.4, 0.5) is 5.69 Å². The van der Waals surface area contributed by atoms with Gasteiger partial charge in [-0.2, -0.15) is 0 Å². The van der Waals surface area contributed by atoms with Crippen molar-refractivity contribution < 1.29 is 28.9 Å². The smallest absolute Gasteiger partial charge is 0.300 e. The van der Waals surface area contributed by atoms with Crippen LogP contribution in [0.2, 0.25) is 0 Å². The number of rotatable bonds is 5. The van der Waals surface area contributed by atoms with Gasteiger partial charge in [-0.1, -0.05) is 0 Å². The molecule has 2 aliphatic heterocycles. The predicted octanol–water partition coefficient (Wildman–Crippen LogP) is 4.53. The molecule has 8 heteroatoms. The van der Waals surface area contributed by atoms with E-state index in [-0.39, 0.29) is 24.2 Å². The molecular formula is C27H24N2O6. The number of aryl methyl sites for hydroxylation is 1. The molecule has 35 heavy (non-hydrogen) atoms. The van der Waals surface area contributed by atoms with Gasteiger partial charge in [-0.25, -0.2) is 0 Å². The minimum absolute atomic E-state index is 0.00389. The summed E-state index contributed by atoms with van der Waals surface area (Å²) in [4.78, 5) is 32.0. The maximum absolute atomic E-state index is 13.3. The van der Waals surface area contributed by atoms with Crippen LogP contribution in [-0.4, -0.2) is 34.7 Å². The monoisotopic (exact) mass is 472 g/mol. The standard InChI is InChI=1S/C27H24N2O6/c1-15(2)35-20-6-4-18(12-16(20)3)25(30)23-24(17-8-10-28-11-9-17)29(27(32)26(23)31)19-5-7-21-22(13-19)34-14-33-21/h4-13,15,24,30H,14H2,1-3H3/b25-23+. The van der Waals surface area contributed by atoms with Crippen LogP contribution in [0.1, 0.15) is 36.6 Å². The molecule has 0 aliphatic carbocycles. The number of Topliss-reactive ketones (excluding diaryl/α,β-unsaturated/α-hetero) is 1. The van der Waals surface area contributed by atoms with Gasteiger partial charge in [0.2, 0.25) is 6.79 Å². The number of aromatic nitrogens is 1. The minimum Gasteiger partial charge on any atom is -0.507 e. The maximum Gasteiger partial charge on any atom is 0.300 e. The summed E-state index contributed by atoms with van der Waals surface area (Å²) in [5, 5.41) is 11.3. The Morgan fingerprint density at radius 1 is 1.06 bits per heavy atom. The van der Waals surface area contributed by atoms with E-state index < -0.39 is 17.7 Å². The van der Waals surface area contributed by atoms with Crippen LogP contribution in [0, 0.1) is 6.92 Å². The Morgan fingerprint density at radius 3 is 2.51 bits per heavy atom. The average Bonchev–Trinajstić information content (AvgIpc) is 3.42. The van der Waals surface area contributed by atoms with Crippen molar-refractivity contribution in [1.29, 1.82) is 0 Å². The number of nitrogens with zero attached hydrogens (tertiary/aromatic N) is 2. The Labute approximate surface area is 202 Å². The van der Waals surface area contributed by atoms with Crippen molar-refractivity contribution in [2.24, 2.45) is 0 Å². The zero-order valence-corrected chi connectivity index (χ0v) is 19.5. The summed E-state index contributed by atoms with van der Waals surface area (Å²) >= 11 is 0. The van der Waals surface area contributed by atoms with Gasteiger partial charge in [-0.05, 0) is 74.4 Å². The lowest BCUT2D eigenvalue weighted by Gasteiger charge is -2.25. The number of ketones is 1. The molecule has 1 aromatic heterocycles. The zero-order valence-electron chi connectivity index (χ0n) is 19.5. The number of carbonyl (C=O) groups is 2. The average molecular weight is 472 g/mol. The second-order valence-corrected chi connectivity index (χ2v) is 8.63. The molecule has 0 radical (unpaired) electrons. The Hall–Kier alpha value is -4.33. The van der Waals surface area contributed by atoms with Gasteiger partial charge in [-0.15, -0.1) is 0 Å². The first-order chi connectivity index (χ1) is 16.8. The highest BCUT2D eigenvalue weighted by Crippen LogP contribution is 2.45. The van der Waals surface area contributed by atoms with Crippen molar-refractivity contribution in [3.63, 3.8) is 0 Å². The van der Waals surface area contributed by atoms with Gasteiger partial charge in [0.25, 0.3) is 11.7 Å². The number of aliphatic hydroxyl groups excluding tert-OH is 1. The summed E-state index contributed by atoms with van der Waals surface area (Å²) in [5.41, 5.74) is 2.30. The molecule has 5 rings (SSSR count). The van der Waals surface area contributed by atoms with Crippen LogP contribution < -0.4 is 19.1 Å². The number of ether oxygens (including phenoxy) is 3. The van der Waals surface area contributed by atoms with Gasteiger partial charge < -0.3 is 19.3 Å². The first-order valence-electron chi connectivity index (χ1n) is 11.2. The maximum atomic E-state index is 13.3. The van der Waals surface area contributed by atoms with Crippen molar-refractivity contribution >= 4 is 23.1 Å². The van der Waals surface area contributed by atoms with Crippen LogP contribution in [-0.2, 0) is 9.59 Å². The molecular weight excluding hydrogens is 448 g/mol. The van der Waals surface area contributed by atoms with E-state index in [1.54, 1.807) is 60.9 Å². The summed E-state index contributed by atoms with van der Waals surface area (Å²) in [7, 11) is 0. The van der Waals surface area contributed by atoms with E-state index in [9.17, 15) is 14.7 Å². The van der Waals surface area contributed by atoms with Crippen molar-refractivity contribution in [3.05, 3.63) is 83.2 Å². The third-order valence-electron chi connectivity index (χ3n) is 5.91. The normalized spacial score (nSPS) is 18.4. The molecule has 1 atom stereocenters. The van der Waals surface area contributed by atoms with Crippen molar-refractivity contribution in [3.8, 4) is 17.2 Å². The molecule has 1 saturated heterocycles. The number of pyridine rings is 1. The van der Waals surface area contributed by atoms with Gasteiger partial charge in [-0.3, -0.25) is 19.5 Å². The lowest BCUT2D eigenvalue weighted by Crippen LogP contribution is -2.29. The molecule has 0 spiro atoms. The van der Waals surface area contributed by atoms with Crippen LogP contribution in [0.3, 0.4) is 0 Å². The van der Waals surface area contributed by atoms with Crippen LogP contribution in [0.5, 0.6) is 17.2 Å². The quantitative estimate of drug-likeness (QED) is 0.331. The fourth-order valence-corrected chi connectivity index (χ4v) is 4.33. The summed E-state index contributed by atoms with van der Waals surface area (Å²) in [6.45, 7) is 5.81. The van der Waals surface area contributed by atoms with E-state index in [4.69, 9.17) is 14.2 Å². The first-order valence-corrected chi connectivity index (χ1v) is 11.2. The molecule has 8 nitrogen and oxygen atoms in total. The molecule has 1 fully saturated rings. The highest BCUT2D eigenvalue weighted by molar-refractivity contribution is 6.51. The molecule has 178 valence electrons. The first kappa shape index (κ1) is 22.5.